The van der Waals surface area contributed by atoms with E-state index in [1.54, 1.807) is 14.0 Å². The molecule has 0 saturated carbocycles. The second-order valence-corrected chi connectivity index (χ2v) is 3.45. The molecule has 0 aliphatic rings. The van der Waals surface area contributed by atoms with Crippen molar-refractivity contribution in [3.8, 4) is 6.07 Å². The second-order valence-electron chi connectivity index (χ2n) is 3.45. The average molecular weight is 228 g/mol. The van der Waals surface area contributed by atoms with Crippen LogP contribution in [0.15, 0.2) is 0 Å². The number of hydrogen-bond acceptors (Lipinski definition) is 4. The summed E-state index contributed by atoms with van der Waals surface area (Å²) in [5.41, 5.74) is 0. The number of carbonyl (C=O) groups excluding carboxylic acids is 1. The Kier molecular flexibility index (Phi) is 9.67. The normalized spacial score (nSPS) is 11.8. The largest absolute Gasteiger partial charge is 0.382 e. The van der Waals surface area contributed by atoms with Gasteiger partial charge in [0.2, 0.25) is 5.91 Å². The lowest BCUT2D eigenvalue weighted by molar-refractivity contribution is -0.122. The Labute approximate surface area is 96.7 Å². The SMILES string of the molecule is COCCOCCCCNC(=O)C(C)C#N. The maximum absolute atomic E-state index is 11.2. The van der Waals surface area contributed by atoms with Gasteiger partial charge in [0.1, 0.15) is 5.92 Å². The Hall–Kier alpha value is -1.12. The van der Waals surface area contributed by atoms with E-state index in [2.05, 4.69) is 5.32 Å². The van der Waals surface area contributed by atoms with Crippen molar-refractivity contribution < 1.29 is 14.3 Å². The molecule has 0 radical (unpaired) electrons. The minimum Gasteiger partial charge on any atom is -0.382 e. The van der Waals surface area contributed by atoms with Crippen LogP contribution in [0.25, 0.3) is 0 Å². The zero-order chi connectivity index (χ0) is 12.2. The smallest absolute Gasteiger partial charge is 0.237 e. The summed E-state index contributed by atoms with van der Waals surface area (Å²) in [7, 11) is 1.63. The highest BCUT2D eigenvalue weighted by atomic mass is 16.5. The summed E-state index contributed by atoms with van der Waals surface area (Å²) < 4.78 is 10.1. The van der Waals surface area contributed by atoms with Crippen molar-refractivity contribution in [2.75, 3.05) is 33.5 Å². The number of ether oxygens (including phenoxy) is 2. The van der Waals surface area contributed by atoms with Gasteiger partial charge in [0.15, 0.2) is 0 Å². The fraction of sp³-hybridized carbons (Fsp3) is 0.818. The first kappa shape index (κ1) is 14.9. The molecule has 0 aliphatic heterocycles. The maximum Gasteiger partial charge on any atom is 0.237 e. The zero-order valence-corrected chi connectivity index (χ0v) is 9.99. The second kappa shape index (κ2) is 10.4. The van der Waals surface area contributed by atoms with Crippen LogP contribution in [-0.4, -0.2) is 39.4 Å². The Morgan fingerprint density at radius 2 is 2.12 bits per heavy atom. The van der Waals surface area contributed by atoms with Crippen LogP contribution in [0.4, 0.5) is 0 Å². The van der Waals surface area contributed by atoms with Crippen molar-refractivity contribution in [1.29, 1.82) is 5.26 Å². The summed E-state index contributed by atoms with van der Waals surface area (Å²) in [6.45, 7) is 4.07. The number of amides is 1. The molecule has 1 amide bonds. The quantitative estimate of drug-likeness (QED) is 0.590. The molecular formula is C11H20N2O3. The highest BCUT2D eigenvalue weighted by Crippen LogP contribution is 1.93. The number of hydrogen-bond donors (Lipinski definition) is 1. The molecule has 1 unspecified atom stereocenters. The molecule has 92 valence electrons. The van der Waals surface area contributed by atoms with Gasteiger partial charge in [-0.2, -0.15) is 5.26 Å². The Morgan fingerprint density at radius 1 is 1.38 bits per heavy atom. The van der Waals surface area contributed by atoms with E-state index in [1.807, 2.05) is 6.07 Å². The van der Waals surface area contributed by atoms with Gasteiger partial charge in [0.05, 0.1) is 19.3 Å². The third-order valence-electron chi connectivity index (χ3n) is 2.03. The van der Waals surface area contributed by atoms with Crippen LogP contribution < -0.4 is 5.32 Å². The van der Waals surface area contributed by atoms with Gasteiger partial charge in [-0.25, -0.2) is 0 Å². The van der Waals surface area contributed by atoms with Gasteiger partial charge in [0.25, 0.3) is 0 Å². The van der Waals surface area contributed by atoms with Crippen molar-refractivity contribution in [1.82, 2.24) is 5.32 Å². The van der Waals surface area contributed by atoms with Gasteiger partial charge < -0.3 is 14.8 Å². The van der Waals surface area contributed by atoms with Crippen LogP contribution in [0.2, 0.25) is 0 Å². The van der Waals surface area contributed by atoms with Gasteiger partial charge >= 0.3 is 0 Å². The molecule has 1 atom stereocenters. The predicted octanol–water partition coefficient (Wildman–Crippen LogP) is 0.705. The third kappa shape index (κ3) is 8.21. The fourth-order valence-corrected chi connectivity index (χ4v) is 0.997. The molecule has 0 bridgehead atoms. The molecule has 0 heterocycles. The van der Waals surface area contributed by atoms with Gasteiger partial charge in [-0.3, -0.25) is 4.79 Å². The van der Waals surface area contributed by atoms with Crippen molar-refractivity contribution in [2.24, 2.45) is 5.92 Å². The van der Waals surface area contributed by atoms with Gasteiger partial charge in [-0.05, 0) is 19.8 Å². The van der Waals surface area contributed by atoms with E-state index in [9.17, 15) is 4.79 Å². The molecule has 0 fully saturated rings. The van der Waals surface area contributed by atoms with E-state index in [4.69, 9.17) is 14.7 Å². The maximum atomic E-state index is 11.2. The lowest BCUT2D eigenvalue weighted by Gasteiger charge is -2.06. The van der Waals surface area contributed by atoms with Crippen LogP contribution in [0.1, 0.15) is 19.8 Å². The van der Waals surface area contributed by atoms with E-state index < -0.39 is 5.92 Å². The van der Waals surface area contributed by atoms with E-state index in [1.165, 1.54) is 0 Å². The first-order valence-corrected chi connectivity index (χ1v) is 5.46. The number of nitrogens with one attached hydrogen (secondary N) is 1. The lowest BCUT2D eigenvalue weighted by Crippen LogP contribution is -2.29. The van der Waals surface area contributed by atoms with Gasteiger partial charge in [-0.1, -0.05) is 0 Å². The fourth-order valence-electron chi connectivity index (χ4n) is 0.997. The minimum absolute atomic E-state index is 0.206. The number of nitrogens with zero attached hydrogens (tertiary/aromatic N) is 1. The molecule has 0 aromatic heterocycles. The first-order chi connectivity index (χ1) is 7.72. The molecule has 0 aromatic rings. The van der Waals surface area contributed by atoms with Crippen LogP contribution in [-0.2, 0) is 14.3 Å². The van der Waals surface area contributed by atoms with Crippen LogP contribution >= 0.6 is 0 Å². The molecule has 0 aromatic carbocycles. The summed E-state index contributed by atoms with van der Waals surface area (Å²) >= 11 is 0. The Morgan fingerprint density at radius 3 is 2.75 bits per heavy atom. The zero-order valence-electron chi connectivity index (χ0n) is 9.99. The summed E-state index contributed by atoms with van der Waals surface area (Å²) in [5, 5.41) is 11.2. The van der Waals surface area contributed by atoms with Gasteiger partial charge in [0, 0.05) is 20.3 Å². The monoisotopic (exact) mass is 228 g/mol. The predicted molar refractivity (Wildman–Crippen MR) is 59.7 cm³/mol. The van der Waals surface area contributed by atoms with E-state index in [0.29, 0.717) is 26.4 Å². The van der Waals surface area contributed by atoms with Crippen molar-refractivity contribution >= 4 is 5.91 Å². The van der Waals surface area contributed by atoms with Crippen molar-refractivity contribution in [3.05, 3.63) is 0 Å². The minimum atomic E-state index is -0.571. The molecule has 5 heteroatoms. The number of carbonyl (C=O) groups is 1. The summed E-state index contributed by atoms with van der Waals surface area (Å²) in [4.78, 5) is 11.2. The Bertz CT molecular complexity index is 226. The molecular weight excluding hydrogens is 208 g/mol. The summed E-state index contributed by atoms with van der Waals surface area (Å²) in [6.07, 6.45) is 1.75. The van der Waals surface area contributed by atoms with Crippen LogP contribution in [0, 0.1) is 17.2 Å². The van der Waals surface area contributed by atoms with Crippen molar-refractivity contribution in [3.63, 3.8) is 0 Å². The van der Waals surface area contributed by atoms with Gasteiger partial charge in [-0.15, -0.1) is 0 Å². The average Bonchev–Trinajstić information content (AvgIpc) is 2.31. The molecule has 0 spiro atoms. The topological polar surface area (TPSA) is 71.3 Å². The highest BCUT2D eigenvalue weighted by Gasteiger charge is 2.09. The lowest BCUT2D eigenvalue weighted by atomic mass is 10.2. The number of unbranched alkanes of at least 4 members (excludes halogenated alkanes) is 1. The van der Waals surface area contributed by atoms with Crippen molar-refractivity contribution in [2.45, 2.75) is 19.8 Å². The Balaban J connectivity index is 3.21. The number of nitriles is 1. The molecule has 1 N–H and O–H groups in total. The summed E-state index contributed by atoms with van der Waals surface area (Å²) in [6, 6.07) is 1.89. The summed E-state index contributed by atoms with van der Waals surface area (Å²) in [5.74, 6) is -0.777. The molecule has 0 saturated heterocycles. The standard InChI is InChI=1S/C11H20N2O3/c1-10(9-12)11(14)13-5-3-4-6-16-8-7-15-2/h10H,3-8H2,1-2H3,(H,13,14). The molecule has 16 heavy (non-hydrogen) atoms. The van der Waals surface area contributed by atoms with Crippen LogP contribution in [0.3, 0.4) is 0 Å². The number of rotatable bonds is 9. The van der Waals surface area contributed by atoms with E-state index in [-0.39, 0.29) is 5.91 Å². The molecule has 0 aliphatic carbocycles. The molecule has 5 nitrogen and oxygen atoms in total. The third-order valence-corrected chi connectivity index (χ3v) is 2.03. The first-order valence-electron chi connectivity index (χ1n) is 5.46. The van der Waals surface area contributed by atoms with E-state index in [0.717, 1.165) is 12.8 Å². The molecule has 0 rings (SSSR count). The highest BCUT2D eigenvalue weighted by molar-refractivity contribution is 5.80. The van der Waals surface area contributed by atoms with Crippen LogP contribution in [0.5, 0.6) is 0 Å². The number of methoxy groups -OCH3 is 1. The van der Waals surface area contributed by atoms with E-state index >= 15 is 0 Å².